The van der Waals surface area contributed by atoms with Crippen LogP contribution in [0.1, 0.15) is 18.4 Å². The van der Waals surface area contributed by atoms with Crippen LogP contribution in [-0.2, 0) is 6.42 Å². The summed E-state index contributed by atoms with van der Waals surface area (Å²) in [5.74, 6) is 0. The Morgan fingerprint density at radius 3 is 2.25 bits per heavy atom. The van der Waals surface area contributed by atoms with Crippen molar-refractivity contribution in [2.75, 3.05) is 6.61 Å². The van der Waals surface area contributed by atoms with E-state index in [1.807, 2.05) is 0 Å². The highest BCUT2D eigenvalue weighted by atomic mass is 28.3. The van der Waals surface area contributed by atoms with Crippen LogP contribution in [0.25, 0.3) is 0 Å². The molecule has 1 aromatic carbocycles. The third kappa shape index (κ3) is 4.50. The van der Waals surface area contributed by atoms with Crippen molar-refractivity contribution in [1.82, 2.24) is 0 Å². The summed E-state index contributed by atoms with van der Waals surface area (Å²) < 4.78 is 0. The monoisotopic (exact) mass is 236 g/mol. The largest absolute Gasteiger partial charge is 0.396 e. The van der Waals surface area contributed by atoms with E-state index >= 15 is 0 Å². The first-order valence-corrected chi connectivity index (χ1v) is 9.76. The summed E-state index contributed by atoms with van der Waals surface area (Å²) in [5.41, 5.74) is 1.96. The summed E-state index contributed by atoms with van der Waals surface area (Å²) in [5, 5.41) is 9.39. The molecule has 0 heterocycles. The van der Waals surface area contributed by atoms with E-state index in [0.29, 0.717) is 12.1 Å². The van der Waals surface area contributed by atoms with Crippen LogP contribution in [0.5, 0.6) is 0 Å². The second kappa shape index (κ2) is 6.21. The van der Waals surface area contributed by atoms with Gasteiger partial charge in [0, 0.05) is 14.7 Å². The number of hydrogen-bond donors (Lipinski definition) is 1. The van der Waals surface area contributed by atoms with Gasteiger partial charge in [-0.15, -0.1) is 0 Å². The Bertz CT molecular complexity index is 289. The maximum Gasteiger partial charge on any atom is 0.0500 e. The van der Waals surface area contributed by atoms with Gasteiger partial charge in [0.1, 0.15) is 0 Å². The zero-order chi connectivity index (χ0) is 12.0. The van der Waals surface area contributed by atoms with Crippen molar-refractivity contribution in [3.63, 3.8) is 0 Å². The summed E-state index contributed by atoms with van der Waals surface area (Å²) in [6.45, 7) is 7.40. The van der Waals surface area contributed by atoms with E-state index in [9.17, 15) is 5.11 Å². The highest BCUT2D eigenvalue weighted by Gasteiger charge is 2.25. The fourth-order valence-corrected chi connectivity index (χ4v) is 3.61. The van der Waals surface area contributed by atoms with Crippen LogP contribution >= 0.6 is 0 Å². The number of aryl methyl sites for hydroxylation is 1. The molecule has 2 heteroatoms. The minimum Gasteiger partial charge on any atom is -0.396 e. The Morgan fingerprint density at radius 2 is 1.75 bits per heavy atom. The summed E-state index contributed by atoms with van der Waals surface area (Å²) in [4.78, 5) is 0. The van der Waals surface area contributed by atoms with Crippen LogP contribution in [0.15, 0.2) is 30.3 Å². The maximum atomic E-state index is 9.39. The first-order valence-electron chi connectivity index (χ1n) is 6.19. The average Bonchev–Trinajstić information content (AvgIpc) is 2.24. The van der Waals surface area contributed by atoms with E-state index in [1.165, 1.54) is 18.4 Å². The molecule has 1 nitrogen and oxygen atoms in total. The van der Waals surface area contributed by atoms with Gasteiger partial charge < -0.3 is 5.11 Å². The molecule has 0 saturated heterocycles. The van der Waals surface area contributed by atoms with E-state index < -0.39 is 8.07 Å². The molecule has 16 heavy (non-hydrogen) atoms. The fraction of sp³-hybridized carbons (Fsp3) is 0.571. The average molecular weight is 236 g/mol. The van der Waals surface area contributed by atoms with Gasteiger partial charge in [0.25, 0.3) is 0 Å². The van der Waals surface area contributed by atoms with Gasteiger partial charge in [0.05, 0.1) is 0 Å². The number of aliphatic hydroxyl groups excluding tert-OH is 1. The van der Waals surface area contributed by atoms with Crippen molar-refractivity contribution in [2.45, 2.75) is 44.4 Å². The molecule has 0 saturated carbocycles. The Labute approximate surface area is 101 Å². The lowest BCUT2D eigenvalue weighted by atomic mass is 10.1. The van der Waals surface area contributed by atoms with Gasteiger partial charge in [-0.3, -0.25) is 0 Å². The minimum absolute atomic E-state index is 0.366. The molecule has 0 radical (unpaired) electrons. The molecule has 0 spiro atoms. The zero-order valence-electron chi connectivity index (χ0n) is 10.7. The van der Waals surface area contributed by atoms with E-state index in [0.717, 1.165) is 6.42 Å². The molecule has 1 aromatic rings. The number of rotatable bonds is 6. The van der Waals surface area contributed by atoms with Gasteiger partial charge in [-0.25, -0.2) is 0 Å². The van der Waals surface area contributed by atoms with Gasteiger partial charge in [0.15, 0.2) is 0 Å². The lowest BCUT2D eigenvalue weighted by Gasteiger charge is -2.27. The molecule has 0 bridgehead atoms. The van der Waals surface area contributed by atoms with Gasteiger partial charge in [-0.1, -0.05) is 56.4 Å². The van der Waals surface area contributed by atoms with Gasteiger partial charge in [0.2, 0.25) is 0 Å². The smallest absolute Gasteiger partial charge is 0.0500 e. The van der Waals surface area contributed by atoms with E-state index in [4.69, 9.17) is 0 Å². The predicted molar refractivity (Wildman–Crippen MR) is 73.6 cm³/mol. The number of hydrogen-bond acceptors (Lipinski definition) is 1. The second-order valence-electron chi connectivity index (χ2n) is 5.62. The topological polar surface area (TPSA) is 20.2 Å². The van der Waals surface area contributed by atoms with E-state index in [1.54, 1.807) is 0 Å². The fourth-order valence-electron chi connectivity index (χ4n) is 2.00. The number of benzene rings is 1. The quantitative estimate of drug-likeness (QED) is 0.747. The van der Waals surface area contributed by atoms with Crippen molar-refractivity contribution < 1.29 is 5.11 Å². The van der Waals surface area contributed by atoms with E-state index in [2.05, 4.69) is 50.0 Å². The van der Waals surface area contributed by atoms with Crippen molar-refractivity contribution in [3.8, 4) is 0 Å². The highest BCUT2D eigenvalue weighted by molar-refractivity contribution is 6.77. The molecule has 1 unspecified atom stereocenters. The molecule has 0 amide bonds. The van der Waals surface area contributed by atoms with Crippen LogP contribution in [0.4, 0.5) is 0 Å². The second-order valence-corrected chi connectivity index (χ2v) is 11.2. The summed E-state index contributed by atoms with van der Waals surface area (Å²) in [6, 6.07) is 10.6. The van der Waals surface area contributed by atoms with Gasteiger partial charge >= 0.3 is 0 Å². The number of aliphatic hydroxyl groups is 1. The first kappa shape index (κ1) is 13.5. The molecule has 1 atom stereocenters. The zero-order valence-corrected chi connectivity index (χ0v) is 11.7. The highest BCUT2D eigenvalue weighted by Crippen LogP contribution is 2.26. The van der Waals surface area contributed by atoms with Gasteiger partial charge in [-0.2, -0.15) is 0 Å². The molecule has 1 rings (SSSR count). The van der Waals surface area contributed by atoms with E-state index in [-0.39, 0.29) is 0 Å². The van der Waals surface area contributed by atoms with Crippen LogP contribution in [0.3, 0.4) is 0 Å². The van der Waals surface area contributed by atoms with Gasteiger partial charge in [-0.05, 0) is 23.9 Å². The van der Waals surface area contributed by atoms with Crippen LogP contribution < -0.4 is 0 Å². The molecule has 0 aliphatic rings. The van der Waals surface area contributed by atoms with Crippen molar-refractivity contribution >= 4 is 8.07 Å². The normalized spacial score (nSPS) is 13.8. The lowest BCUT2D eigenvalue weighted by Crippen LogP contribution is -2.30. The molecule has 0 aliphatic heterocycles. The molecule has 0 aliphatic carbocycles. The van der Waals surface area contributed by atoms with Crippen molar-refractivity contribution in [2.24, 2.45) is 0 Å². The Morgan fingerprint density at radius 1 is 1.12 bits per heavy atom. The van der Waals surface area contributed by atoms with Crippen molar-refractivity contribution in [1.29, 1.82) is 0 Å². The van der Waals surface area contributed by atoms with Crippen LogP contribution in [0.2, 0.25) is 25.2 Å². The molecule has 90 valence electrons. The van der Waals surface area contributed by atoms with Crippen LogP contribution in [-0.4, -0.2) is 19.8 Å². The minimum atomic E-state index is -1.17. The molecular formula is C14H24OSi. The Balaban J connectivity index is 2.35. The van der Waals surface area contributed by atoms with Crippen LogP contribution in [0, 0.1) is 0 Å². The third-order valence-corrected chi connectivity index (χ3v) is 6.23. The summed E-state index contributed by atoms with van der Waals surface area (Å²) in [6.07, 6.45) is 3.50. The Kier molecular flexibility index (Phi) is 5.23. The third-order valence-electron chi connectivity index (χ3n) is 3.31. The summed E-state index contributed by atoms with van der Waals surface area (Å²) in [7, 11) is -1.17. The standard InChI is InChI=1S/C14H24OSi/c1-16(2,3)14(12-15)11-7-10-13-8-5-4-6-9-13/h4-6,8-9,14-15H,7,10-12H2,1-3H3. The SMILES string of the molecule is C[Si](C)(C)C(CO)CCCc1ccccc1. The summed E-state index contributed by atoms with van der Waals surface area (Å²) >= 11 is 0. The predicted octanol–water partition coefficient (Wildman–Crippen LogP) is 3.71. The first-order chi connectivity index (χ1) is 7.54. The molecule has 0 aromatic heterocycles. The molecular weight excluding hydrogens is 212 g/mol. The lowest BCUT2D eigenvalue weighted by molar-refractivity contribution is 0.279. The van der Waals surface area contributed by atoms with Crippen molar-refractivity contribution in [3.05, 3.63) is 35.9 Å². The maximum absolute atomic E-state index is 9.39. The molecule has 1 N–H and O–H groups in total. The Hall–Kier alpha value is -0.603. The molecule has 0 fully saturated rings.